The van der Waals surface area contributed by atoms with Gasteiger partial charge in [0, 0.05) is 0 Å². The van der Waals surface area contributed by atoms with Gasteiger partial charge in [-0.25, -0.2) is 0 Å². The van der Waals surface area contributed by atoms with Crippen LogP contribution in [0.5, 0.6) is 11.5 Å². The molecule has 1 N–H and O–H groups in total. The number of hydrogen-bond donors (Lipinski definition) is 1. The van der Waals surface area contributed by atoms with E-state index in [1.165, 1.54) is 0 Å². The van der Waals surface area contributed by atoms with E-state index in [0.29, 0.717) is 23.8 Å². The summed E-state index contributed by atoms with van der Waals surface area (Å²) in [7, 11) is 1.61. The van der Waals surface area contributed by atoms with Gasteiger partial charge in [0.2, 0.25) is 0 Å². The molecule has 22 heavy (non-hydrogen) atoms. The van der Waals surface area contributed by atoms with Gasteiger partial charge in [-0.2, -0.15) is 0 Å². The normalized spacial score (nSPS) is 11.6. The Balaban J connectivity index is 2.10. The minimum absolute atomic E-state index is 0.489. The van der Waals surface area contributed by atoms with Crippen molar-refractivity contribution in [2.45, 2.75) is 13.5 Å². The molecule has 2 rings (SSSR count). The summed E-state index contributed by atoms with van der Waals surface area (Å²) in [5.41, 5.74) is 2.57. The zero-order chi connectivity index (χ0) is 15.8. The van der Waals surface area contributed by atoms with Gasteiger partial charge >= 0.3 is 0 Å². The predicted octanol–water partition coefficient (Wildman–Crippen LogP) is 4.14. The van der Waals surface area contributed by atoms with Crippen molar-refractivity contribution in [3.05, 3.63) is 65.7 Å². The first-order valence-corrected chi connectivity index (χ1v) is 6.94. The maximum atomic E-state index is 8.63. The van der Waals surface area contributed by atoms with Gasteiger partial charge in [-0.05, 0) is 36.3 Å². The molecule has 2 aromatic carbocycles. The van der Waals surface area contributed by atoms with Crippen LogP contribution in [0.3, 0.4) is 0 Å². The van der Waals surface area contributed by atoms with Crippen LogP contribution in [-0.2, 0) is 6.61 Å². The van der Waals surface area contributed by atoms with E-state index in [0.717, 1.165) is 11.1 Å². The van der Waals surface area contributed by atoms with Gasteiger partial charge in [0.25, 0.3) is 0 Å². The molecule has 0 radical (unpaired) electrons. The van der Waals surface area contributed by atoms with Crippen LogP contribution in [0, 0.1) is 0 Å². The molecule has 0 saturated heterocycles. The summed E-state index contributed by atoms with van der Waals surface area (Å²) in [6, 6.07) is 15.6. The fourth-order valence-electron chi connectivity index (χ4n) is 1.89. The summed E-state index contributed by atoms with van der Waals surface area (Å²) in [5.74, 6) is 1.35. The molecule has 114 valence electrons. The predicted molar refractivity (Wildman–Crippen MR) is 87.7 cm³/mol. The molecular weight excluding hydrogens is 278 g/mol. The van der Waals surface area contributed by atoms with Gasteiger partial charge in [0.15, 0.2) is 11.5 Å². The summed E-state index contributed by atoms with van der Waals surface area (Å²) >= 11 is 0. The van der Waals surface area contributed by atoms with E-state index in [1.807, 2.05) is 54.6 Å². The Morgan fingerprint density at radius 2 is 1.91 bits per heavy atom. The molecule has 4 heteroatoms. The lowest BCUT2D eigenvalue weighted by Crippen LogP contribution is -1.97. The standard InChI is InChI=1S/C18H19NO3/c1-14(19-20)8-9-15-10-11-17(18(12-15)21-2)22-13-16-6-4-3-5-7-16/h3-12,20H,13H2,1-2H3/b9-8+,19-14+. The summed E-state index contributed by atoms with van der Waals surface area (Å²) in [5, 5.41) is 11.7. The van der Waals surface area contributed by atoms with Gasteiger partial charge in [0.05, 0.1) is 12.8 Å². The molecule has 0 saturated carbocycles. The van der Waals surface area contributed by atoms with Crippen LogP contribution in [0.2, 0.25) is 0 Å². The van der Waals surface area contributed by atoms with Gasteiger partial charge in [0.1, 0.15) is 6.61 Å². The monoisotopic (exact) mass is 297 g/mol. The van der Waals surface area contributed by atoms with Crippen LogP contribution in [0.15, 0.2) is 59.8 Å². The Morgan fingerprint density at radius 3 is 2.59 bits per heavy atom. The Hall–Kier alpha value is -2.75. The summed E-state index contributed by atoms with van der Waals surface area (Å²) in [6.45, 7) is 2.20. The molecule has 0 aromatic heterocycles. The van der Waals surface area contributed by atoms with Gasteiger partial charge in [-0.3, -0.25) is 0 Å². The van der Waals surface area contributed by atoms with Crippen molar-refractivity contribution in [2.24, 2.45) is 5.16 Å². The Kier molecular flexibility index (Phi) is 5.60. The molecule has 0 aliphatic carbocycles. The molecule has 4 nitrogen and oxygen atoms in total. The van der Waals surface area contributed by atoms with Crippen LogP contribution in [0.1, 0.15) is 18.1 Å². The zero-order valence-corrected chi connectivity index (χ0v) is 12.7. The van der Waals surface area contributed by atoms with Crippen molar-refractivity contribution in [3.8, 4) is 11.5 Å². The fraction of sp³-hybridized carbons (Fsp3) is 0.167. The highest BCUT2D eigenvalue weighted by Crippen LogP contribution is 2.29. The molecule has 0 atom stereocenters. The quantitative estimate of drug-likeness (QED) is 0.495. The molecular formula is C18H19NO3. The summed E-state index contributed by atoms with van der Waals surface area (Å²) < 4.78 is 11.2. The number of ether oxygens (including phenoxy) is 2. The average Bonchev–Trinajstić information content (AvgIpc) is 2.58. The Labute approximate surface area is 130 Å². The first-order valence-electron chi connectivity index (χ1n) is 6.94. The average molecular weight is 297 g/mol. The molecule has 0 fully saturated rings. The molecule has 0 spiro atoms. The molecule has 0 heterocycles. The van der Waals surface area contributed by atoms with Crippen LogP contribution in [-0.4, -0.2) is 18.0 Å². The van der Waals surface area contributed by atoms with E-state index >= 15 is 0 Å². The van der Waals surface area contributed by atoms with Crippen LogP contribution >= 0.6 is 0 Å². The van der Waals surface area contributed by atoms with Crippen LogP contribution in [0.25, 0.3) is 6.08 Å². The largest absolute Gasteiger partial charge is 0.493 e. The van der Waals surface area contributed by atoms with E-state index < -0.39 is 0 Å². The van der Waals surface area contributed by atoms with Crippen molar-refractivity contribution in [1.82, 2.24) is 0 Å². The smallest absolute Gasteiger partial charge is 0.161 e. The number of rotatable bonds is 6. The Bertz CT molecular complexity index is 663. The van der Waals surface area contributed by atoms with Gasteiger partial charge in [-0.1, -0.05) is 47.6 Å². The second kappa shape index (κ2) is 7.88. The second-order valence-electron chi connectivity index (χ2n) is 4.76. The van der Waals surface area contributed by atoms with Crippen molar-refractivity contribution in [2.75, 3.05) is 7.11 Å². The number of oxime groups is 1. The third-order valence-corrected chi connectivity index (χ3v) is 3.10. The molecule has 0 aliphatic rings. The zero-order valence-electron chi connectivity index (χ0n) is 12.7. The lowest BCUT2D eigenvalue weighted by atomic mass is 10.1. The van der Waals surface area contributed by atoms with Crippen LogP contribution < -0.4 is 9.47 Å². The van der Waals surface area contributed by atoms with E-state index in [9.17, 15) is 0 Å². The van der Waals surface area contributed by atoms with Crippen molar-refractivity contribution in [1.29, 1.82) is 0 Å². The van der Waals surface area contributed by atoms with Gasteiger partial charge in [-0.15, -0.1) is 0 Å². The third kappa shape index (κ3) is 4.38. The Morgan fingerprint density at radius 1 is 1.14 bits per heavy atom. The second-order valence-corrected chi connectivity index (χ2v) is 4.76. The lowest BCUT2D eigenvalue weighted by Gasteiger charge is -2.11. The molecule has 0 unspecified atom stereocenters. The fourth-order valence-corrected chi connectivity index (χ4v) is 1.89. The number of hydrogen-bond acceptors (Lipinski definition) is 4. The van der Waals surface area contributed by atoms with E-state index in [4.69, 9.17) is 14.7 Å². The topological polar surface area (TPSA) is 51.0 Å². The highest BCUT2D eigenvalue weighted by molar-refractivity contribution is 5.95. The van der Waals surface area contributed by atoms with Gasteiger partial charge < -0.3 is 14.7 Å². The van der Waals surface area contributed by atoms with E-state index in [2.05, 4.69) is 5.16 Å². The van der Waals surface area contributed by atoms with Crippen LogP contribution in [0.4, 0.5) is 0 Å². The third-order valence-electron chi connectivity index (χ3n) is 3.10. The molecule has 0 aliphatic heterocycles. The first-order chi connectivity index (χ1) is 10.7. The summed E-state index contributed by atoms with van der Waals surface area (Å²) in [6.07, 6.45) is 3.57. The number of allylic oxidation sites excluding steroid dienone is 1. The minimum Gasteiger partial charge on any atom is -0.493 e. The SMILES string of the molecule is COc1cc(/C=C/C(C)=N/O)ccc1OCc1ccccc1. The van der Waals surface area contributed by atoms with Crippen molar-refractivity contribution in [3.63, 3.8) is 0 Å². The number of benzene rings is 2. The molecule has 0 amide bonds. The maximum Gasteiger partial charge on any atom is 0.161 e. The van der Waals surface area contributed by atoms with E-state index in [-0.39, 0.29) is 0 Å². The van der Waals surface area contributed by atoms with E-state index in [1.54, 1.807) is 20.1 Å². The summed E-state index contributed by atoms with van der Waals surface area (Å²) in [4.78, 5) is 0. The minimum atomic E-state index is 0.489. The van der Waals surface area contributed by atoms with Crippen molar-refractivity contribution >= 4 is 11.8 Å². The molecule has 2 aromatic rings. The lowest BCUT2D eigenvalue weighted by molar-refractivity contribution is 0.284. The number of methoxy groups -OCH3 is 1. The number of nitrogens with zero attached hydrogens (tertiary/aromatic N) is 1. The maximum absolute atomic E-state index is 8.63. The highest BCUT2D eigenvalue weighted by atomic mass is 16.5. The first kappa shape index (κ1) is 15.6. The molecule has 0 bridgehead atoms. The van der Waals surface area contributed by atoms with Crippen molar-refractivity contribution < 1.29 is 14.7 Å². The highest BCUT2D eigenvalue weighted by Gasteiger charge is 2.05.